The Hall–Kier alpha value is -2.93. The minimum atomic E-state index is -0.273. The molecule has 0 fully saturated rings. The van der Waals surface area contributed by atoms with E-state index in [1.165, 1.54) is 0 Å². The molecule has 4 heteroatoms. The number of amides is 2. The van der Waals surface area contributed by atoms with Crippen LogP contribution in [0, 0.1) is 11.8 Å². The molecule has 2 rings (SSSR count). The smallest absolute Gasteiger partial charge is 0.319 e. The maximum Gasteiger partial charge on any atom is 0.319 e. The lowest BCUT2D eigenvalue weighted by Gasteiger charge is -2.04. The third kappa shape index (κ3) is 4.92. The molecule has 2 aromatic rings. The normalized spacial score (nSPS) is 9.19. The van der Waals surface area contributed by atoms with Crippen molar-refractivity contribution < 1.29 is 9.53 Å². The second kappa shape index (κ2) is 7.61. The van der Waals surface area contributed by atoms with Crippen LogP contribution in [0.25, 0.3) is 0 Å². The fourth-order valence-electron chi connectivity index (χ4n) is 1.64. The molecule has 0 saturated carbocycles. The van der Waals surface area contributed by atoms with E-state index >= 15 is 0 Å². The highest BCUT2D eigenvalue weighted by Gasteiger charge is 1.98. The van der Waals surface area contributed by atoms with Gasteiger partial charge in [0.15, 0.2) is 0 Å². The van der Waals surface area contributed by atoms with E-state index in [1.807, 2.05) is 54.6 Å². The quantitative estimate of drug-likeness (QED) is 0.849. The van der Waals surface area contributed by atoms with E-state index in [0.29, 0.717) is 0 Å². The Morgan fingerprint density at radius 2 is 1.81 bits per heavy atom. The number of nitrogens with one attached hydrogen (secondary N) is 2. The largest absolute Gasteiger partial charge is 0.497 e. The lowest BCUT2D eigenvalue weighted by molar-refractivity contribution is 0.253. The topological polar surface area (TPSA) is 50.4 Å². The molecule has 0 saturated heterocycles. The average Bonchev–Trinajstić information content (AvgIpc) is 2.53. The number of para-hydroxylation sites is 1. The first-order valence-electron chi connectivity index (χ1n) is 6.51. The first-order chi connectivity index (χ1) is 10.3. The van der Waals surface area contributed by atoms with Gasteiger partial charge in [0.1, 0.15) is 5.75 Å². The molecule has 0 radical (unpaired) electrons. The Kier molecular flexibility index (Phi) is 5.25. The van der Waals surface area contributed by atoms with E-state index in [0.717, 1.165) is 17.0 Å². The van der Waals surface area contributed by atoms with Gasteiger partial charge in [0.25, 0.3) is 0 Å². The van der Waals surface area contributed by atoms with Gasteiger partial charge in [-0.05, 0) is 36.4 Å². The van der Waals surface area contributed by atoms with Crippen molar-refractivity contribution in [1.29, 1.82) is 0 Å². The molecule has 0 aromatic heterocycles. The number of carbonyl (C=O) groups is 1. The molecule has 2 amide bonds. The van der Waals surface area contributed by atoms with Crippen LogP contribution in [0.4, 0.5) is 10.5 Å². The van der Waals surface area contributed by atoms with Crippen molar-refractivity contribution in [3.63, 3.8) is 0 Å². The number of anilines is 1. The molecule has 0 atom stereocenters. The Morgan fingerprint density at radius 1 is 1.10 bits per heavy atom. The van der Waals surface area contributed by atoms with E-state index in [2.05, 4.69) is 22.5 Å². The molecule has 0 bridgehead atoms. The van der Waals surface area contributed by atoms with Crippen molar-refractivity contribution in [2.45, 2.75) is 0 Å². The third-order valence-electron chi connectivity index (χ3n) is 2.69. The summed E-state index contributed by atoms with van der Waals surface area (Å²) in [7, 11) is 1.62. The van der Waals surface area contributed by atoms with Crippen molar-refractivity contribution in [3.05, 3.63) is 60.2 Å². The first kappa shape index (κ1) is 14.5. The zero-order chi connectivity index (χ0) is 14.9. The number of hydrogen-bond acceptors (Lipinski definition) is 2. The fraction of sp³-hybridized carbons (Fsp3) is 0.118. The molecule has 0 aliphatic heterocycles. The summed E-state index contributed by atoms with van der Waals surface area (Å²) in [6.07, 6.45) is 0. The highest BCUT2D eigenvalue weighted by Crippen LogP contribution is 2.10. The zero-order valence-electron chi connectivity index (χ0n) is 11.7. The lowest BCUT2D eigenvalue weighted by atomic mass is 10.2. The molecule has 0 unspecified atom stereocenters. The first-order valence-corrected chi connectivity index (χ1v) is 6.51. The van der Waals surface area contributed by atoms with Gasteiger partial charge in [0.2, 0.25) is 0 Å². The van der Waals surface area contributed by atoms with Crippen molar-refractivity contribution in [2.24, 2.45) is 0 Å². The standard InChI is InChI=1S/C17H16N2O2/c1-21-16-11-9-14(10-12-16)6-5-13-18-17(20)19-15-7-3-2-4-8-15/h2-4,7-12H,13H2,1H3,(H2,18,19,20). The number of ether oxygens (including phenoxy) is 1. The van der Waals surface area contributed by atoms with Gasteiger partial charge in [0.05, 0.1) is 13.7 Å². The number of benzene rings is 2. The molecule has 0 spiro atoms. The Morgan fingerprint density at radius 3 is 2.48 bits per heavy atom. The van der Waals surface area contributed by atoms with E-state index in [9.17, 15) is 4.79 Å². The summed E-state index contributed by atoms with van der Waals surface area (Å²) in [6.45, 7) is 0.282. The number of rotatable bonds is 3. The van der Waals surface area contributed by atoms with Crippen molar-refractivity contribution in [3.8, 4) is 17.6 Å². The monoisotopic (exact) mass is 280 g/mol. The van der Waals surface area contributed by atoms with Gasteiger partial charge >= 0.3 is 6.03 Å². The maximum absolute atomic E-state index is 11.6. The number of carbonyl (C=O) groups excluding carboxylic acids is 1. The minimum absolute atomic E-state index is 0.273. The molecular formula is C17H16N2O2. The average molecular weight is 280 g/mol. The highest BCUT2D eigenvalue weighted by atomic mass is 16.5. The van der Waals surface area contributed by atoms with Gasteiger partial charge in [-0.1, -0.05) is 30.0 Å². The van der Waals surface area contributed by atoms with Crippen LogP contribution in [-0.2, 0) is 0 Å². The number of methoxy groups -OCH3 is 1. The molecule has 2 aromatic carbocycles. The summed E-state index contributed by atoms with van der Waals surface area (Å²) in [6, 6.07) is 16.4. The second-order valence-corrected chi connectivity index (χ2v) is 4.20. The number of hydrogen-bond donors (Lipinski definition) is 2. The van der Waals surface area contributed by atoms with Crippen LogP contribution in [0.5, 0.6) is 5.75 Å². The summed E-state index contributed by atoms with van der Waals surface area (Å²) in [5.41, 5.74) is 1.62. The SMILES string of the molecule is COc1ccc(C#CCNC(=O)Nc2ccccc2)cc1. The predicted molar refractivity (Wildman–Crippen MR) is 83.3 cm³/mol. The molecule has 2 N–H and O–H groups in total. The molecule has 4 nitrogen and oxygen atoms in total. The summed E-state index contributed by atoms with van der Waals surface area (Å²) in [4.78, 5) is 11.6. The fourth-order valence-corrected chi connectivity index (χ4v) is 1.64. The van der Waals surface area contributed by atoms with E-state index in [1.54, 1.807) is 7.11 Å². The van der Waals surface area contributed by atoms with Crippen molar-refractivity contribution in [1.82, 2.24) is 5.32 Å². The maximum atomic E-state index is 11.6. The van der Waals surface area contributed by atoms with E-state index in [-0.39, 0.29) is 12.6 Å². The molecule has 0 heterocycles. The van der Waals surface area contributed by atoms with Crippen LogP contribution >= 0.6 is 0 Å². The second-order valence-electron chi connectivity index (χ2n) is 4.20. The van der Waals surface area contributed by atoms with Gasteiger partial charge in [-0.2, -0.15) is 0 Å². The summed E-state index contributed by atoms with van der Waals surface area (Å²) >= 11 is 0. The number of urea groups is 1. The Balaban J connectivity index is 1.78. The van der Waals surface area contributed by atoms with Gasteiger partial charge in [0, 0.05) is 11.3 Å². The Labute approximate surface area is 124 Å². The van der Waals surface area contributed by atoms with E-state index in [4.69, 9.17) is 4.74 Å². The van der Waals surface area contributed by atoms with Gasteiger partial charge in [-0.25, -0.2) is 4.79 Å². The van der Waals surface area contributed by atoms with Crippen LogP contribution in [0.3, 0.4) is 0 Å². The van der Waals surface area contributed by atoms with Crippen LogP contribution < -0.4 is 15.4 Å². The zero-order valence-corrected chi connectivity index (χ0v) is 11.7. The summed E-state index contributed by atoms with van der Waals surface area (Å²) in [5, 5.41) is 5.40. The predicted octanol–water partition coefficient (Wildman–Crippen LogP) is 2.87. The molecule has 0 aliphatic carbocycles. The van der Waals surface area contributed by atoms with Crippen LogP contribution in [-0.4, -0.2) is 19.7 Å². The highest BCUT2D eigenvalue weighted by molar-refractivity contribution is 5.89. The molecular weight excluding hydrogens is 264 g/mol. The van der Waals surface area contributed by atoms with E-state index < -0.39 is 0 Å². The molecule has 21 heavy (non-hydrogen) atoms. The van der Waals surface area contributed by atoms with Crippen LogP contribution in [0.1, 0.15) is 5.56 Å². The molecule has 0 aliphatic rings. The summed E-state index contributed by atoms with van der Waals surface area (Å²) < 4.78 is 5.07. The van der Waals surface area contributed by atoms with Crippen molar-refractivity contribution >= 4 is 11.7 Å². The van der Waals surface area contributed by atoms with Crippen LogP contribution in [0.15, 0.2) is 54.6 Å². The van der Waals surface area contributed by atoms with Crippen LogP contribution in [0.2, 0.25) is 0 Å². The van der Waals surface area contributed by atoms with Gasteiger partial charge in [-0.15, -0.1) is 0 Å². The molecule has 106 valence electrons. The van der Waals surface area contributed by atoms with Gasteiger partial charge < -0.3 is 15.4 Å². The Bertz CT molecular complexity index is 640. The van der Waals surface area contributed by atoms with Gasteiger partial charge in [-0.3, -0.25) is 0 Å². The summed E-state index contributed by atoms with van der Waals surface area (Å²) in [5.74, 6) is 6.65. The minimum Gasteiger partial charge on any atom is -0.497 e. The van der Waals surface area contributed by atoms with Crippen molar-refractivity contribution in [2.75, 3.05) is 19.0 Å². The lowest BCUT2D eigenvalue weighted by Crippen LogP contribution is -2.28. The third-order valence-corrected chi connectivity index (χ3v) is 2.69.